The van der Waals surface area contributed by atoms with Crippen LogP contribution in [0.15, 0.2) is 55.1 Å². The minimum absolute atomic E-state index is 0. The summed E-state index contributed by atoms with van der Waals surface area (Å²) in [6, 6.07) is 7.77. The zero-order chi connectivity index (χ0) is 27.8. The van der Waals surface area contributed by atoms with Crippen LogP contribution in [0, 0.1) is 11.3 Å². The monoisotopic (exact) mass is 622 g/mol. The number of aliphatic carboxylic acids is 1. The minimum Gasteiger partial charge on any atom is -0.543 e. The summed E-state index contributed by atoms with van der Waals surface area (Å²) < 4.78 is 1.14. The van der Waals surface area contributed by atoms with Crippen LogP contribution in [0.4, 0.5) is 5.13 Å². The van der Waals surface area contributed by atoms with Gasteiger partial charge in [-0.05, 0) is 17.7 Å². The molecule has 17 heteroatoms. The third-order valence-corrected chi connectivity index (χ3v) is 10.4. The first-order chi connectivity index (χ1) is 18.7. The van der Waals surface area contributed by atoms with Crippen molar-refractivity contribution in [3.63, 3.8) is 0 Å². The molecule has 4 heterocycles. The summed E-state index contributed by atoms with van der Waals surface area (Å²) in [7, 11) is 0. The average Bonchev–Trinajstić information content (AvgIpc) is 3.35. The summed E-state index contributed by atoms with van der Waals surface area (Å²) in [6.07, 6.45) is 0. The largest absolute Gasteiger partial charge is 1.00 e. The van der Waals surface area contributed by atoms with Gasteiger partial charge in [-0.15, -0.1) is 46.2 Å². The number of β-lactam (4-membered cyclic amide) rings is 1. The van der Waals surface area contributed by atoms with Crippen LogP contribution in [0.25, 0.3) is 10.1 Å². The van der Waals surface area contributed by atoms with Gasteiger partial charge in [-0.1, -0.05) is 17.3 Å². The van der Waals surface area contributed by atoms with Gasteiger partial charge < -0.3 is 26.2 Å². The standard InChI is InChI=1S/C23H16N6O6S4.Na/c24-5-11-17(30)10-3-1-2-4-13(10)39-22(11)37-7-9-6-36-20-15(19(32)29(20)16(9)21(33)34)27-18(31)14(28-35)12-8-38-23(25)26-12;/h1-4,8,15,20,35H,6-7H2,(H2,25,26)(H,27,31)(H,33,34);/q;+1/p-1/b28-14-;/t15-,20-;/m1./s1. The van der Waals surface area contributed by atoms with Gasteiger partial charge in [0, 0.05) is 27.0 Å². The number of hydrogen-bond donors (Lipinski definition) is 3. The summed E-state index contributed by atoms with van der Waals surface area (Å²) in [5, 5.41) is 37.7. The quantitative estimate of drug-likeness (QED) is 0.0631. The molecule has 0 unspecified atom stereocenters. The van der Waals surface area contributed by atoms with Crippen molar-refractivity contribution in [2.45, 2.75) is 15.6 Å². The molecule has 0 radical (unpaired) electrons. The van der Waals surface area contributed by atoms with Gasteiger partial charge >= 0.3 is 29.6 Å². The Morgan fingerprint density at radius 2 is 2.10 bits per heavy atom. The zero-order valence-corrected chi connectivity index (χ0v) is 25.7. The number of carbonyl (C=O) groups excluding carboxylic acids is 3. The molecule has 0 bridgehead atoms. The number of amides is 2. The van der Waals surface area contributed by atoms with Crippen molar-refractivity contribution in [1.82, 2.24) is 15.2 Å². The van der Waals surface area contributed by atoms with E-state index >= 15 is 0 Å². The van der Waals surface area contributed by atoms with E-state index in [1.165, 1.54) is 28.5 Å². The number of nitrogen functional groups attached to an aromatic ring is 1. The van der Waals surface area contributed by atoms with Gasteiger partial charge in [0.2, 0.25) is 5.43 Å². The number of oxime groups is 1. The number of rotatable bonds is 7. The second-order valence-corrected chi connectivity index (χ2v) is 12.4. The maximum atomic E-state index is 13.0. The van der Waals surface area contributed by atoms with Crippen molar-refractivity contribution in [1.29, 1.82) is 5.26 Å². The van der Waals surface area contributed by atoms with Crippen molar-refractivity contribution in [3.8, 4) is 6.07 Å². The number of carbonyl (C=O) groups is 3. The van der Waals surface area contributed by atoms with E-state index in [-0.39, 0.29) is 63.1 Å². The third kappa shape index (κ3) is 5.38. The van der Waals surface area contributed by atoms with Crippen LogP contribution in [-0.2, 0) is 14.4 Å². The van der Waals surface area contributed by atoms with Crippen molar-refractivity contribution in [2.24, 2.45) is 5.16 Å². The second kappa shape index (κ2) is 12.3. The maximum Gasteiger partial charge on any atom is 1.00 e. The molecule has 198 valence electrons. The first-order valence-corrected chi connectivity index (χ1v) is 14.7. The average molecular weight is 623 g/mol. The SMILES string of the molecule is N#Cc1c(SCC2=C(C(=O)[O-])N3C(=O)[C@@H](NC(=O)/C(=N\O)c4csc(N)n4)[C@H]3SC2)sc2ccccc2c1=O.[Na+]. The van der Waals surface area contributed by atoms with Crippen molar-refractivity contribution in [2.75, 3.05) is 17.2 Å². The van der Waals surface area contributed by atoms with E-state index < -0.39 is 40.3 Å². The van der Waals surface area contributed by atoms with E-state index in [1.54, 1.807) is 24.3 Å². The van der Waals surface area contributed by atoms with E-state index in [2.05, 4.69) is 15.5 Å². The molecule has 1 fully saturated rings. The Hall–Kier alpha value is -2.91. The molecule has 0 saturated carbocycles. The molecule has 40 heavy (non-hydrogen) atoms. The van der Waals surface area contributed by atoms with E-state index in [1.807, 2.05) is 6.07 Å². The van der Waals surface area contributed by atoms with Gasteiger partial charge in [-0.25, -0.2) is 4.98 Å². The van der Waals surface area contributed by atoms with E-state index in [9.17, 15) is 34.8 Å². The van der Waals surface area contributed by atoms with Crippen LogP contribution in [0.3, 0.4) is 0 Å². The van der Waals surface area contributed by atoms with Gasteiger partial charge in [-0.3, -0.25) is 19.3 Å². The van der Waals surface area contributed by atoms with Crippen LogP contribution in [0.1, 0.15) is 11.3 Å². The van der Waals surface area contributed by atoms with Crippen LogP contribution in [-0.4, -0.2) is 61.5 Å². The Balaban J connectivity index is 0.00000370. The summed E-state index contributed by atoms with van der Waals surface area (Å²) in [5.41, 5.74) is 4.80. The van der Waals surface area contributed by atoms with Gasteiger partial charge in [0.25, 0.3) is 11.8 Å². The number of carboxylic acid groups (broad SMARTS) is 1. The molecule has 0 spiro atoms. The third-order valence-electron chi connectivity index (χ3n) is 5.86. The summed E-state index contributed by atoms with van der Waals surface area (Å²) in [4.78, 5) is 55.4. The number of anilines is 1. The molecule has 2 aliphatic heterocycles. The molecule has 5 rings (SSSR count). The van der Waals surface area contributed by atoms with E-state index in [0.717, 1.165) is 28.0 Å². The normalized spacial score (nSPS) is 18.4. The van der Waals surface area contributed by atoms with Gasteiger partial charge in [0.15, 0.2) is 10.8 Å². The Labute approximate surface area is 264 Å². The Morgan fingerprint density at radius 1 is 1.35 bits per heavy atom. The van der Waals surface area contributed by atoms with Crippen LogP contribution in [0.5, 0.6) is 0 Å². The van der Waals surface area contributed by atoms with Gasteiger partial charge in [0.1, 0.15) is 28.7 Å². The first kappa shape index (κ1) is 30.1. The Kier molecular flexibility index (Phi) is 9.25. The number of thioether (sulfide) groups is 2. The fourth-order valence-corrected chi connectivity index (χ4v) is 8.46. The summed E-state index contributed by atoms with van der Waals surface area (Å²) in [6.45, 7) is 0. The van der Waals surface area contributed by atoms with Crippen molar-refractivity contribution >= 4 is 84.9 Å². The van der Waals surface area contributed by atoms with Crippen molar-refractivity contribution in [3.05, 3.63) is 62.4 Å². The predicted molar refractivity (Wildman–Crippen MR) is 145 cm³/mol. The molecule has 2 aromatic heterocycles. The zero-order valence-electron chi connectivity index (χ0n) is 20.4. The topological polar surface area (TPSA) is 202 Å². The number of nitrogens with one attached hydrogen (secondary N) is 1. The number of nitrogens with zero attached hydrogens (tertiary/aromatic N) is 4. The molecule has 0 aliphatic carbocycles. The second-order valence-electron chi connectivity index (χ2n) is 8.11. The molecule has 12 nitrogen and oxygen atoms in total. The Morgan fingerprint density at radius 3 is 2.75 bits per heavy atom. The minimum atomic E-state index is -1.56. The van der Waals surface area contributed by atoms with Crippen LogP contribution < -0.4 is 51.1 Å². The fourth-order valence-electron chi connectivity index (χ4n) is 4.07. The van der Waals surface area contributed by atoms with E-state index in [0.29, 0.717) is 19.9 Å². The number of carboxylic acids is 1. The fraction of sp³-hybridized carbons (Fsp3) is 0.174. The predicted octanol–water partition coefficient (Wildman–Crippen LogP) is -2.45. The van der Waals surface area contributed by atoms with Crippen LogP contribution in [0.2, 0.25) is 0 Å². The van der Waals surface area contributed by atoms with Crippen molar-refractivity contribution < 1.29 is 54.3 Å². The molecule has 2 amide bonds. The molecule has 2 atom stereocenters. The number of fused-ring (bicyclic) bond motifs is 2. The molecular formula is C23H15N6NaO6S4. The first-order valence-electron chi connectivity index (χ1n) is 11.0. The molecule has 4 N–H and O–H groups in total. The number of aromatic nitrogens is 1. The molecule has 2 aliphatic rings. The van der Waals surface area contributed by atoms with Gasteiger partial charge in [0.05, 0.1) is 15.9 Å². The summed E-state index contributed by atoms with van der Waals surface area (Å²) in [5.74, 6) is -2.82. The number of benzene rings is 1. The number of hydrogen-bond acceptors (Lipinski definition) is 14. The summed E-state index contributed by atoms with van der Waals surface area (Å²) >= 11 is 4.66. The number of thiazole rings is 1. The molecule has 1 saturated heterocycles. The number of nitrogens with two attached hydrogens (primary N) is 1. The van der Waals surface area contributed by atoms with E-state index in [4.69, 9.17) is 5.73 Å². The smallest absolute Gasteiger partial charge is 0.543 e. The molecule has 3 aromatic rings. The number of nitriles is 1. The van der Waals surface area contributed by atoms with Crippen LogP contribution >= 0.6 is 46.2 Å². The molecule has 1 aromatic carbocycles. The molecular weight excluding hydrogens is 608 g/mol. The Bertz CT molecular complexity index is 1710. The maximum absolute atomic E-state index is 13.0. The van der Waals surface area contributed by atoms with Gasteiger partial charge in [-0.2, -0.15) is 5.26 Å².